The number of nitrogens with zero attached hydrogens (tertiary/aromatic N) is 1. The molecule has 0 aromatic heterocycles. The van der Waals surface area contributed by atoms with Crippen molar-refractivity contribution in [3.05, 3.63) is 58.1 Å². The highest BCUT2D eigenvalue weighted by molar-refractivity contribution is 6.42. The topological polar surface area (TPSA) is 41.9 Å². The summed E-state index contributed by atoms with van der Waals surface area (Å²) in [5, 5.41) is 10.4. The summed E-state index contributed by atoms with van der Waals surface area (Å²) in [6, 6.07) is 12.7. The highest BCUT2D eigenvalue weighted by Gasteiger charge is 2.35. The van der Waals surface area contributed by atoms with Crippen molar-refractivity contribution in [2.45, 2.75) is 25.0 Å². The van der Waals surface area contributed by atoms with Crippen LogP contribution >= 0.6 is 23.2 Å². The van der Waals surface area contributed by atoms with Crippen LogP contribution in [0.4, 0.5) is 0 Å². The molecule has 1 saturated heterocycles. The molecule has 2 aromatic rings. The first kappa shape index (κ1) is 19.3. The van der Waals surface area contributed by atoms with Crippen molar-refractivity contribution in [3.8, 4) is 11.5 Å². The van der Waals surface area contributed by atoms with E-state index in [1.54, 1.807) is 31.4 Å². The summed E-state index contributed by atoms with van der Waals surface area (Å²) in [7, 11) is 1.74. The van der Waals surface area contributed by atoms with Gasteiger partial charge in [0.15, 0.2) is 0 Å². The zero-order valence-corrected chi connectivity index (χ0v) is 16.3. The van der Waals surface area contributed by atoms with Crippen molar-refractivity contribution in [2.24, 2.45) is 0 Å². The average Bonchev–Trinajstić information content (AvgIpc) is 2.66. The van der Waals surface area contributed by atoms with Gasteiger partial charge in [0.05, 0.1) is 10.0 Å². The van der Waals surface area contributed by atoms with Crippen LogP contribution in [0.25, 0.3) is 0 Å². The summed E-state index contributed by atoms with van der Waals surface area (Å²) in [6.45, 7) is 3.21. The number of phenols is 1. The first-order valence-corrected chi connectivity index (χ1v) is 9.38. The maximum Gasteiger partial charge on any atom is 0.121 e. The average molecular weight is 396 g/mol. The van der Waals surface area contributed by atoms with Crippen molar-refractivity contribution < 1.29 is 14.6 Å². The van der Waals surface area contributed by atoms with Crippen molar-refractivity contribution in [1.82, 2.24) is 4.90 Å². The lowest BCUT2D eigenvalue weighted by atomic mass is 9.91. The van der Waals surface area contributed by atoms with Gasteiger partial charge in [-0.1, -0.05) is 35.3 Å². The lowest BCUT2D eigenvalue weighted by molar-refractivity contribution is -0.0839. The fourth-order valence-corrected chi connectivity index (χ4v) is 3.46. The number of ether oxygens (including phenoxy) is 2. The lowest BCUT2D eigenvalue weighted by Gasteiger charge is -2.40. The van der Waals surface area contributed by atoms with Crippen LogP contribution in [0.2, 0.25) is 10.0 Å². The molecule has 1 N–H and O–H groups in total. The number of phenolic OH excluding ortho intramolecular Hbond substituents is 1. The molecule has 4 nitrogen and oxygen atoms in total. The van der Waals surface area contributed by atoms with Crippen LogP contribution in [0.5, 0.6) is 11.5 Å². The minimum atomic E-state index is -0.294. The Labute approximate surface area is 164 Å². The van der Waals surface area contributed by atoms with E-state index in [4.69, 9.17) is 32.7 Å². The number of benzene rings is 2. The van der Waals surface area contributed by atoms with Gasteiger partial charge in [-0.15, -0.1) is 0 Å². The van der Waals surface area contributed by atoms with Crippen molar-refractivity contribution >= 4 is 23.2 Å². The Kier molecular flexibility index (Phi) is 6.30. The van der Waals surface area contributed by atoms with Crippen LogP contribution in [0.3, 0.4) is 0 Å². The summed E-state index contributed by atoms with van der Waals surface area (Å²) < 4.78 is 11.8. The zero-order valence-electron chi connectivity index (χ0n) is 14.8. The fourth-order valence-electron chi connectivity index (χ4n) is 3.17. The Hall–Kier alpha value is -1.46. The van der Waals surface area contributed by atoms with Crippen LogP contribution < -0.4 is 4.74 Å². The first-order chi connectivity index (χ1) is 12.5. The van der Waals surface area contributed by atoms with Gasteiger partial charge in [-0.25, -0.2) is 0 Å². The van der Waals surface area contributed by atoms with E-state index >= 15 is 0 Å². The molecule has 0 spiro atoms. The van der Waals surface area contributed by atoms with Gasteiger partial charge in [0.25, 0.3) is 0 Å². The SMILES string of the molecule is COC1(COc2ccc(Cl)c(Cl)c2)CCN(Cc2ccc(O)cc2)CC1. The van der Waals surface area contributed by atoms with Gasteiger partial charge in [0.1, 0.15) is 23.7 Å². The third-order valence-corrected chi connectivity index (χ3v) is 5.67. The van der Waals surface area contributed by atoms with Gasteiger partial charge >= 0.3 is 0 Å². The Bertz CT molecular complexity index is 728. The van der Waals surface area contributed by atoms with E-state index in [9.17, 15) is 5.11 Å². The van der Waals surface area contributed by atoms with Crippen LogP contribution in [0.1, 0.15) is 18.4 Å². The predicted molar refractivity (Wildman–Crippen MR) is 104 cm³/mol. The molecule has 26 heavy (non-hydrogen) atoms. The molecule has 2 aromatic carbocycles. The van der Waals surface area contributed by atoms with Gasteiger partial charge in [-0.2, -0.15) is 0 Å². The van der Waals surface area contributed by atoms with E-state index in [0.29, 0.717) is 28.2 Å². The summed E-state index contributed by atoms with van der Waals surface area (Å²) in [5.41, 5.74) is 0.900. The second-order valence-corrected chi connectivity index (χ2v) is 7.51. The minimum Gasteiger partial charge on any atom is -0.508 e. The number of likely N-dealkylation sites (tertiary alicyclic amines) is 1. The molecule has 0 radical (unpaired) electrons. The Morgan fingerprint density at radius 2 is 1.73 bits per heavy atom. The molecule has 0 aliphatic carbocycles. The van der Waals surface area contributed by atoms with Crippen LogP contribution in [0, 0.1) is 0 Å². The number of aromatic hydroxyl groups is 1. The molecule has 0 unspecified atom stereocenters. The van der Waals surface area contributed by atoms with Crippen LogP contribution in [-0.4, -0.2) is 42.4 Å². The van der Waals surface area contributed by atoms with Gasteiger partial charge in [0.2, 0.25) is 0 Å². The van der Waals surface area contributed by atoms with E-state index < -0.39 is 0 Å². The maximum atomic E-state index is 9.39. The molecular weight excluding hydrogens is 373 g/mol. The predicted octanol–water partition coefficient (Wildman–Crippen LogP) is 4.76. The minimum absolute atomic E-state index is 0.294. The Balaban J connectivity index is 1.54. The standard InChI is InChI=1S/C20H23Cl2NO3/c1-25-20(14-26-17-6-7-18(21)19(22)12-17)8-10-23(11-9-20)13-15-2-4-16(24)5-3-15/h2-7,12,24H,8-11,13-14H2,1H3. The molecule has 1 fully saturated rings. The molecule has 0 bridgehead atoms. The van der Waals surface area contributed by atoms with Gasteiger partial charge in [-0.3, -0.25) is 4.90 Å². The van der Waals surface area contributed by atoms with Gasteiger partial charge < -0.3 is 14.6 Å². The van der Waals surface area contributed by atoms with E-state index in [1.165, 1.54) is 5.56 Å². The quantitative estimate of drug-likeness (QED) is 0.765. The normalized spacial score (nSPS) is 17.2. The number of hydrogen-bond acceptors (Lipinski definition) is 4. The maximum absolute atomic E-state index is 9.39. The number of halogens is 2. The smallest absolute Gasteiger partial charge is 0.121 e. The number of methoxy groups -OCH3 is 1. The van der Waals surface area contributed by atoms with E-state index in [2.05, 4.69) is 4.90 Å². The lowest BCUT2D eigenvalue weighted by Crippen LogP contribution is -2.48. The fraction of sp³-hybridized carbons (Fsp3) is 0.400. The van der Waals surface area contributed by atoms with Crippen molar-refractivity contribution in [2.75, 3.05) is 26.8 Å². The molecule has 0 atom stereocenters. The molecule has 1 aliphatic rings. The molecular formula is C20H23Cl2NO3. The second kappa shape index (κ2) is 8.49. The largest absolute Gasteiger partial charge is 0.508 e. The van der Waals surface area contributed by atoms with Crippen LogP contribution in [-0.2, 0) is 11.3 Å². The Morgan fingerprint density at radius 1 is 1.04 bits per heavy atom. The zero-order chi connectivity index (χ0) is 18.6. The van der Waals surface area contributed by atoms with Crippen molar-refractivity contribution in [3.63, 3.8) is 0 Å². The molecule has 0 saturated carbocycles. The first-order valence-electron chi connectivity index (χ1n) is 8.63. The number of hydrogen-bond donors (Lipinski definition) is 1. The van der Waals surface area contributed by atoms with Crippen LogP contribution in [0.15, 0.2) is 42.5 Å². The highest BCUT2D eigenvalue weighted by Crippen LogP contribution is 2.30. The van der Waals surface area contributed by atoms with E-state index in [-0.39, 0.29) is 5.60 Å². The Morgan fingerprint density at radius 3 is 2.35 bits per heavy atom. The monoisotopic (exact) mass is 395 g/mol. The molecule has 0 amide bonds. The highest BCUT2D eigenvalue weighted by atomic mass is 35.5. The van der Waals surface area contributed by atoms with Crippen molar-refractivity contribution in [1.29, 1.82) is 0 Å². The molecule has 140 valence electrons. The summed E-state index contributed by atoms with van der Waals surface area (Å²) in [5.74, 6) is 0.993. The van der Waals surface area contributed by atoms with Gasteiger partial charge in [0, 0.05) is 32.8 Å². The molecule has 1 heterocycles. The molecule has 3 rings (SSSR count). The summed E-state index contributed by atoms with van der Waals surface area (Å²) in [4.78, 5) is 2.39. The van der Waals surface area contributed by atoms with E-state index in [1.807, 2.05) is 18.2 Å². The number of rotatable bonds is 6. The summed E-state index contributed by atoms with van der Waals surface area (Å²) >= 11 is 12.0. The molecule has 6 heteroatoms. The molecule has 1 aliphatic heterocycles. The van der Waals surface area contributed by atoms with E-state index in [0.717, 1.165) is 32.5 Å². The van der Waals surface area contributed by atoms with Gasteiger partial charge in [-0.05, 0) is 42.7 Å². The second-order valence-electron chi connectivity index (χ2n) is 6.69. The summed E-state index contributed by atoms with van der Waals surface area (Å²) in [6.07, 6.45) is 1.78. The third-order valence-electron chi connectivity index (χ3n) is 4.94. The third kappa shape index (κ3) is 4.83. The number of piperidine rings is 1.